The van der Waals surface area contributed by atoms with Gasteiger partial charge in [-0.15, -0.1) is 22.7 Å². The lowest BCUT2D eigenvalue weighted by Gasteiger charge is -2.09. The van der Waals surface area contributed by atoms with Crippen molar-refractivity contribution >= 4 is 95.5 Å². The zero-order valence-corrected chi connectivity index (χ0v) is 27.9. The Morgan fingerprint density at radius 2 is 0.776 bits per heavy atom. The molecule has 3 heteroatoms. The van der Waals surface area contributed by atoms with Crippen LogP contribution in [0, 0.1) is 0 Å². The molecule has 0 aliphatic carbocycles. The van der Waals surface area contributed by atoms with E-state index in [4.69, 9.17) is 4.42 Å². The molecule has 0 aliphatic heterocycles. The van der Waals surface area contributed by atoms with Crippen LogP contribution >= 0.6 is 22.7 Å². The SMILES string of the molecule is c1ccc2cc3c(cc2c1)sc1c2cc4cc(-c5ccc6cc(-c7ccc(-c8cc9ccccc9o8)cc7)ccc6c5)ccc4cc2sc31. The molecule has 228 valence electrons. The highest BCUT2D eigenvalue weighted by Crippen LogP contribution is 2.46. The van der Waals surface area contributed by atoms with E-state index in [-0.39, 0.29) is 0 Å². The first kappa shape index (κ1) is 27.2. The highest BCUT2D eigenvalue weighted by Gasteiger charge is 2.15. The Morgan fingerprint density at radius 3 is 1.41 bits per heavy atom. The number of benzene rings is 8. The summed E-state index contributed by atoms with van der Waals surface area (Å²) < 4.78 is 11.6. The van der Waals surface area contributed by atoms with Crippen LogP contribution in [0.5, 0.6) is 0 Å². The van der Waals surface area contributed by atoms with Crippen molar-refractivity contribution in [3.63, 3.8) is 0 Å². The van der Waals surface area contributed by atoms with E-state index in [1.807, 2.05) is 40.9 Å². The van der Waals surface area contributed by atoms with Gasteiger partial charge in [-0.2, -0.15) is 0 Å². The number of furan rings is 1. The van der Waals surface area contributed by atoms with Gasteiger partial charge in [-0.3, -0.25) is 0 Å². The normalized spacial score (nSPS) is 12.1. The quantitative estimate of drug-likeness (QED) is 0.184. The second-order valence-electron chi connectivity index (χ2n) is 13.0. The number of hydrogen-bond donors (Lipinski definition) is 0. The number of para-hydroxylation sites is 1. The van der Waals surface area contributed by atoms with Crippen molar-refractivity contribution in [2.24, 2.45) is 0 Å². The van der Waals surface area contributed by atoms with Crippen LogP contribution in [-0.2, 0) is 0 Å². The van der Waals surface area contributed by atoms with Gasteiger partial charge in [0.25, 0.3) is 0 Å². The highest BCUT2D eigenvalue weighted by atomic mass is 32.1. The van der Waals surface area contributed by atoms with Crippen molar-refractivity contribution < 1.29 is 4.42 Å². The molecular weight excluding hydrogens is 633 g/mol. The summed E-state index contributed by atoms with van der Waals surface area (Å²) in [7, 11) is 0. The molecule has 0 saturated carbocycles. The molecule has 0 saturated heterocycles. The fraction of sp³-hybridized carbons (Fsp3) is 0. The third-order valence-corrected chi connectivity index (χ3v) is 12.5. The topological polar surface area (TPSA) is 13.1 Å². The van der Waals surface area contributed by atoms with Crippen LogP contribution in [0.3, 0.4) is 0 Å². The van der Waals surface area contributed by atoms with E-state index < -0.39 is 0 Å². The smallest absolute Gasteiger partial charge is 0.135 e. The Bertz CT molecular complexity index is 3070. The van der Waals surface area contributed by atoms with Crippen LogP contribution in [0.15, 0.2) is 162 Å². The molecule has 1 nitrogen and oxygen atoms in total. The fourth-order valence-corrected chi connectivity index (χ4v) is 10.1. The molecule has 49 heavy (non-hydrogen) atoms. The molecule has 8 aromatic carbocycles. The average Bonchev–Trinajstić information content (AvgIpc) is 3.84. The van der Waals surface area contributed by atoms with Crippen molar-refractivity contribution in [2.75, 3.05) is 0 Å². The summed E-state index contributed by atoms with van der Waals surface area (Å²) in [4.78, 5) is 0. The van der Waals surface area contributed by atoms with Gasteiger partial charge in [-0.25, -0.2) is 0 Å². The van der Waals surface area contributed by atoms with E-state index in [0.717, 1.165) is 22.3 Å². The Balaban J connectivity index is 0.931. The summed E-state index contributed by atoms with van der Waals surface area (Å²) in [6.45, 7) is 0. The Labute approximate surface area is 289 Å². The first-order valence-electron chi connectivity index (χ1n) is 16.6. The van der Waals surface area contributed by atoms with Crippen molar-refractivity contribution in [2.45, 2.75) is 0 Å². The summed E-state index contributed by atoms with van der Waals surface area (Å²) >= 11 is 3.86. The third kappa shape index (κ3) is 4.37. The molecule has 0 fully saturated rings. The second kappa shape index (κ2) is 10.4. The largest absolute Gasteiger partial charge is 0.456 e. The van der Waals surface area contributed by atoms with Crippen LogP contribution in [0.4, 0.5) is 0 Å². The summed E-state index contributed by atoms with van der Waals surface area (Å²) in [6, 6.07) is 57.7. The monoisotopic (exact) mass is 658 g/mol. The predicted octanol–water partition coefficient (Wildman–Crippen LogP) is 14.5. The van der Waals surface area contributed by atoms with Gasteiger partial charge in [-0.1, -0.05) is 103 Å². The number of hydrogen-bond acceptors (Lipinski definition) is 3. The van der Waals surface area contributed by atoms with Gasteiger partial charge in [0.15, 0.2) is 0 Å². The van der Waals surface area contributed by atoms with Crippen LogP contribution < -0.4 is 0 Å². The summed E-state index contributed by atoms with van der Waals surface area (Å²) in [5, 5.41) is 11.5. The van der Waals surface area contributed by atoms with Gasteiger partial charge in [0.1, 0.15) is 11.3 Å². The molecule has 0 amide bonds. The van der Waals surface area contributed by atoms with E-state index in [1.165, 1.54) is 84.1 Å². The van der Waals surface area contributed by atoms with Crippen LogP contribution in [-0.4, -0.2) is 0 Å². The molecule has 11 aromatic rings. The van der Waals surface area contributed by atoms with E-state index in [1.54, 1.807) is 0 Å². The van der Waals surface area contributed by atoms with Crippen molar-refractivity contribution in [3.05, 3.63) is 158 Å². The van der Waals surface area contributed by atoms with E-state index >= 15 is 0 Å². The molecular formula is C46H26OS2. The predicted molar refractivity (Wildman–Crippen MR) is 213 cm³/mol. The van der Waals surface area contributed by atoms with Gasteiger partial charge < -0.3 is 4.42 Å². The Kier molecular flexibility index (Phi) is 5.77. The molecule has 0 spiro atoms. The number of fused-ring (bicyclic) bond motifs is 9. The minimum atomic E-state index is 0.898. The molecule has 0 unspecified atom stereocenters. The minimum Gasteiger partial charge on any atom is -0.456 e. The van der Waals surface area contributed by atoms with Gasteiger partial charge in [0.05, 0.1) is 9.40 Å². The Morgan fingerprint density at radius 1 is 0.327 bits per heavy atom. The zero-order valence-electron chi connectivity index (χ0n) is 26.2. The molecule has 3 heterocycles. The van der Waals surface area contributed by atoms with Crippen molar-refractivity contribution in [1.29, 1.82) is 0 Å². The average molecular weight is 659 g/mol. The van der Waals surface area contributed by atoms with Crippen molar-refractivity contribution in [1.82, 2.24) is 0 Å². The summed E-state index contributed by atoms with van der Waals surface area (Å²) in [6.07, 6.45) is 0. The zero-order chi connectivity index (χ0) is 32.1. The maximum Gasteiger partial charge on any atom is 0.135 e. The molecule has 0 aliphatic rings. The van der Waals surface area contributed by atoms with E-state index in [9.17, 15) is 0 Å². The summed E-state index contributed by atoms with van der Waals surface area (Å²) in [5.41, 5.74) is 6.89. The Hall–Kier alpha value is -5.74. The lowest BCUT2D eigenvalue weighted by molar-refractivity contribution is 0.631. The lowest BCUT2D eigenvalue weighted by atomic mass is 9.96. The fourth-order valence-electron chi connectivity index (χ4n) is 7.42. The van der Waals surface area contributed by atoms with Gasteiger partial charge in [0, 0.05) is 31.1 Å². The van der Waals surface area contributed by atoms with E-state index in [0.29, 0.717) is 0 Å². The number of thiophene rings is 2. The van der Waals surface area contributed by atoms with Crippen LogP contribution in [0.1, 0.15) is 0 Å². The van der Waals surface area contributed by atoms with Crippen LogP contribution in [0.25, 0.3) is 106 Å². The lowest BCUT2D eigenvalue weighted by Crippen LogP contribution is -1.83. The maximum atomic E-state index is 6.09. The van der Waals surface area contributed by atoms with Gasteiger partial charge in [-0.05, 0) is 109 Å². The minimum absolute atomic E-state index is 0.898. The second-order valence-corrected chi connectivity index (χ2v) is 15.1. The molecule has 3 aromatic heterocycles. The maximum absolute atomic E-state index is 6.09. The van der Waals surface area contributed by atoms with Gasteiger partial charge >= 0.3 is 0 Å². The number of rotatable bonds is 3. The molecule has 0 N–H and O–H groups in total. The first-order chi connectivity index (χ1) is 24.2. The molecule has 11 rings (SSSR count). The third-order valence-electron chi connectivity index (χ3n) is 10.0. The van der Waals surface area contributed by atoms with Crippen LogP contribution in [0.2, 0.25) is 0 Å². The highest BCUT2D eigenvalue weighted by molar-refractivity contribution is 7.36. The van der Waals surface area contributed by atoms with E-state index in [2.05, 4.69) is 140 Å². The first-order valence-corrected chi connectivity index (χ1v) is 18.2. The molecule has 0 atom stereocenters. The molecule has 0 bridgehead atoms. The van der Waals surface area contributed by atoms with Gasteiger partial charge in [0.2, 0.25) is 0 Å². The molecule has 0 radical (unpaired) electrons. The van der Waals surface area contributed by atoms with Crippen molar-refractivity contribution in [3.8, 4) is 33.6 Å². The summed E-state index contributed by atoms with van der Waals surface area (Å²) in [5.74, 6) is 0.898. The standard InChI is InChI=1S/C46H26OS2/c1-2-6-30-25-43-39(22-29(30)5-1)45-46(48-43)40-23-38-21-35(17-18-36(38)26-44(40)49-45)34-16-15-32-19-31(13-14-33(32)20-34)27-9-11-28(12-10-27)42-24-37-7-3-4-8-41(37)47-42/h1-26H.